The van der Waals surface area contributed by atoms with Crippen LogP contribution in [0.3, 0.4) is 0 Å². The zero-order chi connectivity index (χ0) is 9.10. The molecule has 0 aliphatic carbocycles. The molecule has 0 aliphatic rings. The first-order valence-electron chi connectivity index (χ1n) is 3.98. The highest BCUT2D eigenvalue weighted by molar-refractivity contribution is 6.20. The lowest BCUT2D eigenvalue weighted by atomic mass is 10.2. The highest BCUT2D eigenvalue weighted by atomic mass is 35.5. The van der Waals surface area contributed by atoms with Crippen molar-refractivity contribution < 1.29 is 0 Å². The van der Waals surface area contributed by atoms with Crippen molar-refractivity contribution >= 4 is 11.6 Å². The Morgan fingerprint density at radius 2 is 2.38 bits per heavy atom. The summed E-state index contributed by atoms with van der Waals surface area (Å²) in [6.07, 6.45) is 5.86. The maximum absolute atomic E-state index is 6.11. The van der Waals surface area contributed by atoms with E-state index in [2.05, 4.69) is 20.2 Å². The summed E-state index contributed by atoms with van der Waals surface area (Å²) < 4.78 is 0. The Morgan fingerprint density at radius 3 is 3.00 bits per heavy atom. The second-order valence-corrected chi connectivity index (χ2v) is 3.25. The monoisotopic (exact) mass is 196 g/mol. The van der Waals surface area contributed by atoms with Crippen LogP contribution >= 0.6 is 11.6 Å². The van der Waals surface area contributed by atoms with Crippen LogP contribution in [-0.4, -0.2) is 20.2 Å². The van der Waals surface area contributed by atoms with Gasteiger partial charge in [0.25, 0.3) is 0 Å². The number of aromatic amines is 2. The normalized spacial score (nSPS) is 13.0. The predicted octanol–water partition coefficient (Wildman–Crippen LogP) is 1.66. The Morgan fingerprint density at radius 1 is 1.46 bits per heavy atom. The van der Waals surface area contributed by atoms with E-state index in [1.165, 1.54) is 0 Å². The van der Waals surface area contributed by atoms with Crippen LogP contribution in [0.4, 0.5) is 0 Å². The van der Waals surface area contributed by atoms with Gasteiger partial charge in [-0.15, -0.1) is 11.6 Å². The van der Waals surface area contributed by atoms with Crippen molar-refractivity contribution in [2.75, 3.05) is 0 Å². The summed E-state index contributed by atoms with van der Waals surface area (Å²) in [4.78, 5) is 7.09. The SMILES string of the molecule is ClC(Cc1ncc[nH]1)c1ccn[nH]1. The van der Waals surface area contributed by atoms with E-state index in [1.807, 2.05) is 6.07 Å². The highest BCUT2D eigenvalue weighted by Crippen LogP contribution is 2.20. The van der Waals surface area contributed by atoms with Crippen LogP contribution in [0.15, 0.2) is 24.7 Å². The second kappa shape index (κ2) is 3.62. The van der Waals surface area contributed by atoms with Gasteiger partial charge in [-0.1, -0.05) is 0 Å². The van der Waals surface area contributed by atoms with E-state index >= 15 is 0 Å². The third kappa shape index (κ3) is 1.89. The summed E-state index contributed by atoms with van der Waals surface area (Å²) in [5.74, 6) is 0.884. The Hall–Kier alpha value is -1.29. The lowest BCUT2D eigenvalue weighted by Crippen LogP contribution is -1.98. The number of hydrogen-bond acceptors (Lipinski definition) is 2. The predicted molar refractivity (Wildman–Crippen MR) is 49.5 cm³/mol. The third-order valence-electron chi connectivity index (χ3n) is 1.79. The minimum atomic E-state index is -0.103. The fourth-order valence-corrected chi connectivity index (χ4v) is 1.40. The summed E-state index contributed by atoms with van der Waals surface area (Å²) in [6, 6.07) is 1.86. The van der Waals surface area contributed by atoms with E-state index in [9.17, 15) is 0 Å². The van der Waals surface area contributed by atoms with Gasteiger partial charge in [-0.3, -0.25) is 5.10 Å². The highest BCUT2D eigenvalue weighted by Gasteiger charge is 2.10. The molecular formula is C8H9ClN4. The number of imidazole rings is 1. The van der Waals surface area contributed by atoms with E-state index in [0.29, 0.717) is 6.42 Å². The molecule has 13 heavy (non-hydrogen) atoms. The van der Waals surface area contributed by atoms with E-state index in [1.54, 1.807) is 18.6 Å². The second-order valence-electron chi connectivity index (χ2n) is 2.72. The molecular weight excluding hydrogens is 188 g/mol. The number of alkyl halides is 1. The molecule has 0 bridgehead atoms. The number of H-pyrrole nitrogens is 2. The van der Waals surface area contributed by atoms with Gasteiger partial charge in [0.2, 0.25) is 0 Å². The van der Waals surface area contributed by atoms with Crippen molar-refractivity contribution in [3.63, 3.8) is 0 Å². The number of halogens is 1. The summed E-state index contributed by atoms with van der Waals surface area (Å²) in [5.41, 5.74) is 0.915. The molecule has 0 saturated heterocycles. The third-order valence-corrected chi connectivity index (χ3v) is 2.18. The van der Waals surface area contributed by atoms with Gasteiger partial charge in [-0.2, -0.15) is 5.10 Å². The van der Waals surface area contributed by atoms with Gasteiger partial charge < -0.3 is 4.98 Å². The summed E-state index contributed by atoms with van der Waals surface area (Å²) in [6.45, 7) is 0. The molecule has 1 atom stereocenters. The molecule has 0 fully saturated rings. The number of aromatic nitrogens is 4. The van der Waals surface area contributed by atoms with Gasteiger partial charge in [0.15, 0.2) is 0 Å². The maximum atomic E-state index is 6.11. The zero-order valence-corrected chi connectivity index (χ0v) is 7.62. The van der Waals surface area contributed by atoms with E-state index < -0.39 is 0 Å². The van der Waals surface area contributed by atoms with Crippen molar-refractivity contribution in [3.05, 3.63) is 36.2 Å². The molecule has 0 spiro atoms. The molecule has 0 radical (unpaired) electrons. The van der Waals surface area contributed by atoms with E-state index in [0.717, 1.165) is 11.5 Å². The minimum absolute atomic E-state index is 0.103. The Labute approximate surface area is 80.3 Å². The quantitative estimate of drug-likeness (QED) is 0.734. The Bertz CT molecular complexity index is 340. The first-order chi connectivity index (χ1) is 6.36. The van der Waals surface area contributed by atoms with Gasteiger partial charge in [0, 0.05) is 25.0 Å². The average Bonchev–Trinajstić information content (AvgIpc) is 2.74. The van der Waals surface area contributed by atoms with Crippen LogP contribution in [0, 0.1) is 0 Å². The number of nitrogens with one attached hydrogen (secondary N) is 2. The molecule has 4 nitrogen and oxygen atoms in total. The largest absolute Gasteiger partial charge is 0.349 e. The Kier molecular flexibility index (Phi) is 2.31. The molecule has 0 aromatic carbocycles. The van der Waals surface area contributed by atoms with Crippen molar-refractivity contribution in [2.24, 2.45) is 0 Å². The van der Waals surface area contributed by atoms with Crippen LogP contribution in [0.2, 0.25) is 0 Å². The summed E-state index contributed by atoms with van der Waals surface area (Å²) in [5, 5.41) is 6.56. The van der Waals surface area contributed by atoms with Gasteiger partial charge in [-0.25, -0.2) is 4.98 Å². The molecule has 2 rings (SSSR count). The van der Waals surface area contributed by atoms with Crippen LogP contribution in [0.25, 0.3) is 0 Å². The van der Waals surface area contributed by atoms with Crippen LogP contribution in [0.1, 0.15) is 16.9 Å². The van der Waals surface area contributed by atoms with Crippen LogP contribution < -0.4 is 0 Å². The molecule has 2 aromatic rings. The lowest BCUT2D eigenvalue weighted by Gasteiger charge is -2.03. The molecule has 0 aliphatic heterocycles. The number of nitrogens with zero attached hydrogens (tertiary/aromatic N) is 2. The minimum Gasteiger partial charge on any atom is -0.349 e. The van der Waals surface area contributed by atoms with Crippen LogP contribution in [0.5, 0.6) is 0 Å². The average molecular weight is 197 g/mol. The number of hydrogen-bond donors (Lipinski definition) is 2. The maximum Gasteiger partial charge on any atom is 0.107 e. The summed E-state index contributed by atoms with van der Waals surface area (Å²) in [7, 11) is 0. The summed E-state index contributed by atoms with van der Waals surface area (Å²) >= 11 is 6.11. The number of rotatable bonds is 3. The fraction of sp³-hybridized carbons (Fsp3) is 0.250. The molecule has 2 aromatic heterocycles. The van der Waals surface area contributed by atoms with Crippen molar-refractivity contribution in [3.8, 4) is 0 Å². The molecule has 2 N–H and O–H groups in total. The zero-order valence-electron chi connectivity index (χ0n) is 6.87. The van der Waals surface area contributed by atoms with Crippen LogP contribution in [-0.2, 0) is 6.42 Å². The van der Waals surface area contributed by atoms with E-state index in [-0.39, 0.29) is 5.38 Å². The van der Waals surface area contributed by atoms with Gasteiger partial charge in [0.1, 0.15) is 5.82 Å². The molecule has 2 heterocycles. The fourth-order valence-electron chi connectivity index (χ4n) is 1.13. The van der Waals surface area contributed by atoms with Crippen molar-refractivity contribution in [2.45, 2.75) is 11.8 Å². The Balaban J connectivity index is 2.04. The first-order valence-corrected chi connectivity index (χ1v) is 4.41. The molecule has 0 saturated carbocycles. The lowest BCUT2D eigenvalue weighted by molar-refractivity contribution is 0.818. The molecule has 1 unspecified atom stereocenters. The van der Waals surface area contributed by atoms with Gasteiger partial charge in [0.05, 0.1) is 11.1 Å². The molecule has 68 valence electrons. The van der Waals surface area contributed by atoms with Gasteiger partial charge in [-0.05, 0) is 6.07 Å². The van der Waals surface area contributed by atoms with Gasteiger partial charge >= 0.3 is 0 Å². The molecule has 5 heteroatoms. The molecule has 0 amide bonds. The topological polar surface area (TPSA) is 57.4 Å². The first kappa shape index (κ1) is 8.31. The smallest absolute Gasteiger partial charge is 0.107 e. The van der Waals surface area contributed by atoms with Crippen molar-refractivity contribution in [1.29, 1.82) is 0 Å². The van der Waals surface area contributed by atoms with E-state index in [4.69, 9.17) is 11.6 Å². The van der Waals surface area contributed by atoms with Crippen molar-refractivity contribution in [1.82, 2.24) is 20.2 Å². The standard InChI is InChI=1S/C8H9ClN4/c9-6(7-1-2-12-13-7)5-8-10-3-4-11-8/h1-4,6H,5H2,(H,10,11)(H,12,13).